The van der Waals surface area contributed by atoms with Crippen molar-refractivity contribution in [3.05, 3.63) is 359 Å². The number of nitrogens with zero attached hydrogens (tertiary/aromatic N) is 8. The van der Waals surface area contributed by atoms with E-state index in [-0.39, 0.29) is 19.5 Å². The lowest BCUT2D eigenvalue weighted by atomic mass is 9.84. The molecule has 2 atom stereocenters. The van der Waals surface area contributed by atoms with Crippen molar-refractivity contribution >= 4 is 55.5 Å². The zero-order chi connectivity index (χ0) is 97.9. The number of hydrogen-bond acceptors (Lipinski definition) is 13. The number of aromatic nitrogens is 14. The van der Waals surface area contributed by atoms with Crippen LogP contribution in [0, 0.1) is 0 Å². The van der Waals surface area contributed by atoms with E-state index in [4.69, 9.17) is 38.9 Å². The Balaban J connectivity index is 0.000000118. The van der Waals surface area contributed by atoms with Crippen LogP contribution in [0.5, 0.6) is 23.0 Å². The lowest BCUT2D eigenvalue weighted by Gasteiger charge is -2.27. The van der Waals surface area contributed by atoms with Crippen LogP contribution in [-0.2, 0) is 84.2 Å². The first-order valence-electron chi connectivity index (χ1n) is 51.7. The van der Waals surface area contributed by atoms with Crippen LogP contribution in [-0.4, -0.2) is 81.7 Å². The molecule has 0 saturated heterocycles. The van der Waals surface area contributed by atoms with Gasteiger partial charge in [-0.1, -0.05) is 221 Å². The molecule has 20 nitrogen and oxygen atoms in total. The fourth-order valence-corrected chi connectivity index (χ4v) is 20.4. The van der Waals surface area contributed by atoms with Crippen molar-refractivity contribution in [3.8, 4) is 124 Å². The number of aromatic amines is 7. The van der Waals surface area contributed by atoms with Crippen molar-refractivity contribution in [2.24, 2.45) is 4.99 Å². The average molecular weight is 1920 g/mol. The maximum Gasteiger partial charge on any atom is 0.128 e. The average Bonchev–Trinajstić information content (AvgIpc) is 1.75. The Labute approximate surface area is 848 Å². The number of benzene rings is 10. The van der Waals surface area contributed by atoms with E-state index in [1.807, 2.05) is 24.8 Å². The molecule has 2 aliphatic carbocycles. The van der Waals surface area contributed by atoms with Gasteiger partial charge >= 0.3 is 0 Å². The Kier molecular flexibility index (Phi) is 29.5. The lowest BCUT2D eigenvalue weighted by Crippen LogP contribution is -2.31. The molecule has 2 unspecified atom stereocenters. The highest BCUT2D eigenvalue weighted by Crippen LogP contribution is 2.50. The zero-order valence-electron chi connectivity index (χ0n) is 83.5. The van der Waals surface area contributed by atoms with Gasteiger partial charge in [-0.3, -0.25) is 4.99 Å². The van der Waals surface area contributed by atoms with Gasteiger partial charge in [0.05, 0.1) is 81.4 Å². The standard InChI is InChI=1S/C31H32N4O.C31H30N4O.C31H32N4O.C31H30N4O.CH4/c2*1-3-5-7-9-29-32-18-27(34-29)21-11-13-23-22(15-21)19-36-28-17-24-20(16-25(23)28)12-14-26-31(24)35-30(33-26)10-8-6-4-2;2*1-3-5-7-9-29-32-18-27(34-29)21-11-13-23-24-15-20-12-14-26-31(35-30(33-26)10-8-6-4-2)25(20)16-22(24)19-36-28(23)17-21;/h5-8,11,13,15-18H,3-4,9-10,12,14,19H2,1-2H3,(H,32,34)(H,33,35);5-8,11-18H,3-4,9-10,19H2,1-2H3,(H,32,34)(H,33,35);5-8,11-18,26,31H,3-4,9-10,19H2,1-2H3,(H,32,34)(H,33,35);5-8,11-18H,3-4,9-10,19H2,1-2H3,(H,32,34)(H,33,35);1H4. The van der Waals surface area contributed by atoms with Crippen LogP contribution in [0.3, 0.4) is 0 Å². The predicted molar refractivity (Wildman–Crippen MR) is 593 cm³/mol. The van der Waals surface area contributed by atoms with E-state index in [1.165, 1.54) is 94.2 Å². The van der Waals surface area contributed by atoms with Crippen LogP contribution in [0.2, 0.25) is 0 Å². The number of nitrogens with one attached hydrogen (secondary N) is 8. The van der Waals surface area contributed by atoms with Gasteiger partial charge in [0.1, 0.15) is 102 Å². The Bertz CT molecular complexity index is 7720. The van der Waals surface area contributed by atoms with E-state index in [1.54, 1.807) is 0 Å². The van der Waals surface area contributed by atoms with Crippen molar-refractivity contribution in [2.45, 2.75) is 217 Å². The van der Waals surface area contributed by atoms with Crippen LogP contribution in [0.15, 0.2) is 279 Å². The number of rotatable bonds is 28. The summed E-state index contributed by atoms with van der Waals surface area (Å²) in [6.45, 7) is 19.4. The molecule has 0 saturated carbocycles. The molecule has 20 heteroatoms. The molecule has 7 aliphatic rings. The second-order valence-corrected chi connectivity index (χ2v) is 37.8. The molecular formula is C125H128N16O4. The third-order valence-electron chi connectivity index (χ3n) is 27.7. The fraction of sp³-hybridized carbons (Fsp3) is 0.264. The molecule has 145 heavy (non-hydrogen) atoms. The minimum absolute atomic E-state index is 0. The van der Waals surface area contributed by atoms with E-state index in [0.29, 0.717) is 26.4 Å². The first kappa shape index (κ1) is 96.5. The number of ether oxygens (including phenoxy) is 4. The minimum Gasteiger partial charge on any atom is -0.488 e. The number of H-pyrrole nitrogens is 7. The highest BCUT2D eigenvalue weighted by atomic mass is 16.5. The summed E-state index contributed by atoms with van der Waals surface area (Å²) >= 11 is 0. The summed E-state index contributed by atoms with van der Waals surface area (Å²) in [6, 6.07) is 53.2. The van der Waals surface area contributed by atoms with Crippen LogP contribution < -0.4 is 24.3 Å². The molecule has 5 aliphatic heterocycles. The summed E-state index contributed by atoms with van der Waals surface area (Å²) in [4.78, 5) is 62.3. The quantitative estimate of drug-likeness (QED) is 0.0213. The Morgan fingerprint density at radius 2 is 0.697 bits per heavy atom. The molecule has 0 bridgehead atoms. The van der Waals surface area contributed by atoms with Crippen LogP contribution in [0.25, 0.3) is 150 Å². The van der Waals surface area contributed by atoms with Gasteiger partial charge < -0.3 is 59.2 Å². The Morgan fingerprint density at radius 3 is 1.17 bits per heavy atom. The van der Waals surface area contributed by atoms with Crippen LogP contribution in [0.1, 0.15) is 212 Å². The highest BCUT2D eigenvalue weighted by molar-refractivity contribution is 6.08. The van der Waals surface area contributed by atoms with Crippen molar-refractivity contribution < 1.29 is 18.9 Å². The Morgan fingerprint density at radius 1 is 0.310 bits per heavy atom. The second-order valence-electron chi connectivity index (χ2n) is 37.8. The van der Waals surface area contributed by atoms with Gasteiger partial charge in [-0.15, -0.1) is 0 Å². The number of hydrogen-bond donors (Lipinski definition) is 8. The van der Waals surface area contributed by atoms with Gasteiger partial charge in [-0.05, 0) is 244 Å². The molecule has 24 rings (SSSR count). The molecular weight excluding hydrogens is 1790 g/mol. The van der Waals surface area contributed by atoms with Gasteiger partial charge in [0, 0.05) is 107 Å². The van der Waals surface area contributed by atoms with Crippen molar-refractivity contribution in [1.82, 2.24) is 75.1 Å². The molecule has 8 N–H and O–H groups in total. The van der Waals surface area contributed by atoms with E-state index in [0.717, 1.165) is 280 Å². The first-order valence-corrected chi connectivity index (χ1v) is 51.7. The summed E-state index contributed by atoms with van der Waals surface area (Å²) in [7, 11) is 0. The molecule has 732 valence electrons. The summed E-state index contributed by atoms with van der Waals surface area (Å²) in [6.07, 6.45) is 63.9. The zero-order valence-corrected chi connectivity index (χ0v) is 83.5. The fourth-order valence-electron chi connectivity index (χ4n) is 20.4. The van der Waals surface area contributed by atoms with Crippen LogP contribution >= 0.6 is 0 Å². The Hall–Kier alpha value is -16.0. The van der Waals surface area contributed by atoms with Gasteiger partial charge in [-0.2, -0.15) is 0 Å². The third kappa shape index (κ3) is 20.9. The van der Waals surface area contributed by atoms with Gasteiger partial charge in [0.25, 0.3) is 0 Å². The summed E-state index contributed by atoms with van der Waals surface area (Å²) in [5.74, 6) is 11.7. The molecule has 0 fully saturated rings. The number of imidazole rings is 7. The van der Waals surface area contributed by atoms with Crippen molar-refractivity contribution in [1.29, 1.82) is 0 Å². The van der Waals surface area contributed by atoms with Crippen molar-refractivity contribution in [2.75, 3.05) is 0 Å². The maximum absolute atomic E-state index is 6.29. The normalized spacial score (nSPS) is 14.8. The third-order valence-corrected chi connectivity index (χ3v) is 27.7. The SMILES string of the molecule is C.CCC=CCC1=NC2c3cc4c(cc3C=CC2N1)-c1ccc(-c2cnc(CC=CCC)[nH]2)cc1OC4.CCC=CCc1ncc(-c2ccc3c(c2)COc2cc4c(cc2-3)CCc2[nH]c(CC=CCC)nc2-4)[nH]1.CCC=CCc1ncc(-c2ccc3c(c2)COc2cc4c(ccc5[nH]c(CC=CCC)nc54)cc2-3)[nH]1.CCC=CCc1ncc(-c2ccc3c(c2)OCc2cc4c(ccc5[nH]c(CC=CCC)nc54)cc2-3)[nH]1. The summed E-state index contributed by atoms with van der Waals surface area (Å²) in [5.41, 5.74) is 34.5. The number of amidine groups is 1. The summed E-state index contributed by atoms with van der Waals surface area (Å²) in [5, 5.41) is 8.24. The summed E-state index contributed by atoms with van der Waals surface area (Å²) < 4.78 is 25.1. The monoisotopic (exact) mass is 1920 g/mol. The van der Waals surface area contributed by atoms with E-state index < -0.39 is 0 Å². The largest absolute Gasteiger partial charge is 0.488 e. The number of aliphatic imine (C=N–C) groups is 1. The lowest BCUT2D eigenvalue weighted by molar-refractivity contribution is 0.302. The molecule has 0 amide bonds. The molecule has 0 spiro atoms. The van der Waals surface area contributed by atoms with E-state index in [2.05, 4.69) is 370 Å². The molecule has 12 heterocycles. The first-order chi connectivity index (χ1) is 70.9. The number of allylic oxidation sites excluding steroid dienone is 15. The van der Waals surface area contributed by atoms with E-state index >= 15 is 0 Å². The molecule has 17 aromatic rings. The number of aryl methyl sites for hydroxylation is 2. The van der Waals surface area contributed by atoms with Gasteiger partial charge in [-0.25, -0.2) is 34.9 Å². The second kappa shape index (κ2) is 44.3. The molecule has 7 aromatic heterocycles. The van der Waals surface area contributed by atoms with Crippen LogP contribution in [0.4, 0.5) is 0 Å². The van der Waals surface area contributed by atoms with Gasteiger partial charge in [0.2, 0.25) is 0 Å². The predicted octanol–water partition coefficient (Wildman–Crippen LogP) is 30.1. The number of fused-ring (bicyclic) bond motifs is 24. The van der Waals surface area contributed by atoms with Crippen molar-refractivity contribution in [3.63, 3.8) is 0 Å². The minimum atomic E-state index is 0. The van der Waals surface area contributed by atoms with E-state index in [9.17, 15) is 0 Å². The molecule has 0 radical (unpaired) electrons. The topological polar surface area (TPSA) is 262 Å². The highest BCUT2D eigenvalue weighted by Gasteiger charge is 2.35. The smallest absolute Gasteiger partial charge is 0.128 e. The van der Waals surface area contributed by atoms with Gasteiger partial charge in [0.15, 0.2) is 0 Å². The molecule has 10 aromatic carbocycles. The maximum atomic E-state index is 6.29.